The number of nitrogens with zero attached hydrogens (tertiary/aromatic N) is 1. The summed E-state index contributed by atoms with van der Waals surface area (Å²) in [5, 5.41) is 7.21. The van der Waals surface area contributed by atoms with Gasteiger partial charge in [0.1, 0.15) is 5.76 Å². The molecule has 0 amide bonds. The van der Waals surface area contributed by atoms with E-state index < -0.39 is 0 Å². The van der Waals surface area contributed by atoms with Gasteiger partial charge >= 0.3 is 0 Å². The molecule has 1 unspecified atom stereocenters. The molecule has 0 radical (unpaired) electrons. The average molecular weight is 245 g/mol. The molecule has 2 rings (SSSR count). The topological polar surface area (TPSA) is 64.1 Å². The van der Waals surface area contributed by atoms with Crippen LogP contribution in [0.4, 0.5) is 0 Å². The van der Waals surface area contributed by atoms with Crippen molar-refractivity contribution in [1.29, 1.82) is 0 Å². The van der Waals surface area contributed by atoms with Crippen LogP contribution in [0, 0.1) is 6.92 Å². The van der Waals surface area contributed by atoms with E-state index in [1.165, 1.54) is 5.56 Å². The number of hydrogen-bond acceptors (Lipinski definition) is 4. The second-order valence-electron chi connectivity index (χ2n) is 4.51. The molecule has 0 spiro atoms. The van der Waals surface area contributed by atoms with Gasteiger partial charge in [0.15, 0.2) is 0 Å². The fourth-order valence-corrected chi connectivity index (χ4v) is 1.88. The summed E-state index contributed by atoms with van der Waals surface area (Å²) < 4.78 is 5.00. The lowest BCUT2D eigenvalue weighted by Crippen LogP contribution is -2.35. The van der Waals surface area contributed by atoms with E-state index >= 15 is 0 Å². The van der Waals surface area contributed by atoms with E-state index in [0.29, 0.717) is 6.54 Å². The Morgan fingerprint density at radius 1 is 1.33 bits per heavy atom. The van der Waals surface area contributed by atoms with E-state index in [-0.39, 0.29) is 6.04 Å². The number of nitrogens with one attached hydrogen (secondary N) is 1. The highest BCUT2D eigenvalue weighted by molar-refractivity contribution is 5.15. The smallest absolute Gasteiger partial charge is 0.133 e. The van der Waals surface area contributed by atoms with Crippen LogP contribution in [0.25, 0.3) is 0 Å². The third kappa shape index (κ3) is 3.98. The zero-order chi connectivity index (χ0) is 12.8. The Bertz CT molecular complexity index is 467. The Morgan fingerprint density at radius 3 is 2.78 bits per heavy atom. The summed E-state index contributed by atoms with van der Waals surface area (Å²) in [6, 6.07) is 12.3. The summed E-state index contributed by atoms with van der Waals surface area (Å²) in [5.74, 6) is 0.834. The second-order valence-corrected chi connectivity index (χ2v) is 4.51. The lowest BCUT2D eigenvalue weighted by Gasteiger charge is -2.12. The summed E-state index contributed by atoms with van der Waals surface area (Å²) in [5.41, 5.74) is 8.25. The Hall–Kier alpha value is -1.65. The molecule has 0 bridgehead atoms. The van der Waals surface area contributed by atoms with Crippen molar-refractivity contribution < 1.29 is 4.52 Å². The van der Waals surface area contributed by atoms with Crippen LogP contribution in [-0.4, -0.2) is 17.7 Å². The van der Waals surface area contributed by atoms with Crippen molar-refractivity contribution in [3.8, 4) is 0 Å². The van der Waals surface area contributed by atoms with Crippen molar-refractivity contribution in [2.45, 2.75) is 25.9 Å². The number of aromatic nitrogens is 1. The Morgan fingerprint density at radius 2 is 2.11 bits per heavy atom. The SMILES string of the molecule is Cc1cc(CNCC(N)Cc2ccccc2)no1. The first-order valence-corrected chi connectivity index (χ1v) is 6.16. The molecule has 1 heterocycles. The molecule has 1 atom stereocenters. The normalized spacial score (nSPS) is 12.6. The van der Waals surface area contributed by atoms with Gasteiger partial charge in [-0.05, 0) is 18.9 Å². The van der Waals surface area contributed by atoms with E-state index in [1.807, 2.05) is 31.2 Å². The van der Waals surface area contributed by atoms with Crippen LogP contribution < -0.4 is 11.1 Å². The summed E-state index contributed by atoms with van der Waals surface area (Å²) in [4.78, 5) is 0. The van der Waals surface area contributed by atoms with Gasteiger partial charge in [-0.15, -0.1) is 0 Å². The Balaban J connectivity index is 1.70. The standard InChI is InChI=1S/C14H19N3O/c1-11-7-14(17-18-11)10-16-9-13(15)8-12-5-3-2-4-6-12/h2-7,13,16H,8-10,15H2,1H3. The summed E-state index contributed by atoms with van der Waals surface area (Å²) in [6.07, 6.45) is 0.881. The number of benzene rings is 1. The lowest BCUT2D eigenvalue weighted by atomic mass is 10.1. The Kier molecular flexibility index (Phi) is 4.50. The van der Waals surface area contributed by atoms with Crippen LogP contribution in [-0.2, 0) is 13.0 Å². The minimum Gasteiger partial charge on any atom is -0.361 e. The maximum Gasteiger partial charge on any atom is 0.133 e. The molecule has 0 aliphatic heterocycles. The van der Waals surface area contributed by atoms with E-state index in [4.69, 9.17) is 10.3 Å². The molecule has 1 aromatic carbocycles. The quantitative estimate of drug-likeness (QED) is 0.812. The molecule has 96 valence electrons. The van der Waals surface area contributed by atoms with Crippen molar-refractivity contribution in [2.75, 3.05) is 6.54 Å². The first kappa shape index (κ1) is 12.8. The van der Waals surface area contributed by atoms with Crippen molar-refractivity contribution >= 4 is 0 Å². The van der Waals surface area contributed by atoms with Crippen LogP contribution in [0.3, 0.4) is 0 Å². The van der Waals surface area contributed by atoms with Crippen LogP contribution in [0.5, 0.6) is 0 Å². The number of aryl methyl sites for hydroxylation is 1. The minimum atomic E-state index is 0.111. The van der Waals surface area contributed by atoms with Crippen LogP contribution in [0.1, 0.15) is 17.0 Å². The number of hydrogen-bond donors (Lipinski definition) is 2. The van der Waals surface area contributed by atoms with E-state index in [1.54, 1.807) is 0 Å². The second kappa shape index (κ2) is 6.33. The van der Waals surface area contributed by atoms with Gasteiger partial charge in [0.25, 0.3) is 0 Å². The van der Waals surface area contributed by atoms with Gasteiger partial charge in [0.2, 0.25) is 0 Å². The number of nitrogens with two attached hydrogens (primary N) is 1. The van der Waals surface area contributed by atoms with Crippen molar-refractivity contribution in [1.82, 2.24) is 10.5 Å². The molecule has 1 aromatic heterocycles. The molecular weight excluding hydrogens is 226 g/mol. The predicted octanol–water partition coefficient (Wildman–Crippen LogP) is 1.64. The largest absolute Gasteiger partial charge is 0.361 e. The zero-order valence-electron chi connectivity index (χ0n) is 10.6. The fourth-order valence-electron chi connectivity index (χ4n) is 1.88. The van der Waals surface area contributed by atoms with Gasteiger partial charge in [-0.3, -0.25) is 0 Å². The third-order valence-corrected chi connectivity index (χ3v) is 2.73. The maximum atomic E-state index is 6.07. The molecular formula is C14H19N3O. The molecule has 2 aromatic rings. The molecule has 0 aliphatic carbocycles. The van der Waals surface area contributed by atoms with Gasteiger partial charge in [-0.2, -0.15) is 0 Å². The first-order chi connectivity index (χ1) is 8.74. The van der Waals surface area contributed by atoms with Gasteiger partial charge in [0.05, 0.1) is 5.69 Å². The molecule has 0 aliphatic rings. The van der Waals surface area contributed by atoms with Crippen molar-refractivity contribution in [3.05, 3.63) is 53.4 Å². The minimum absolute atomic E-state index is 0.111. The first-order valence-electron chi connectivity index (χ1n) is 6.16. The van der Waals surface area contributed by atoms with E-state index in [0.717, 1.165) is 24.4 Å². The van der Waals surface area contributed by atoms with Crippen molar-refractivity contribution in [3.63, 3.8) is 0 Å². The molecule has 0 saturated carbocycles. The monoisotopic (exact) mass is 245 g/mol. The van der Waals surface area contributed by atoms with Crippen LogP contribution >= 0.6 is 0 Å². The molecule has 0 fully saturated rings. The molecule has 3 N–H and O–H groups in total. The zero-order valence-corrected chi connectivity index (χ0v) is 10.6. The van der Waals surface area contributed by atoms with Crippen molar-refractivity contribution in [2.24, 2.45) is 5.73 Å². The van der Waals surface area contributed by atoms with E-state index in [2.05, 4.69) is 22.6 Å². The van der Waals surface area contributed by atoms with Gasteiger partial charge in [-0.1, -0.05) is 35.5 Å². The highest BCUT2D eigenvalue weighted by Crippen LogP contribution is 2.02. The molecule has 18 heavy (non-hydrogen) atoms. The predicted molar refractivity (Wildman–Crippen MR) is 71.1 cm³/mol. The molecule has 0 saturated heterocycles. The fraction of sp³-hybridized carbons (Fsp3) is 0.357. The highest BCUT2D eigenvalue weighted by Gasteiger charge is 2.04. The van der Waals surface area contributed by atoms with Gasteiger partial charge in [-0.25, -0.2) is 0 Å². The van der Waals surface area contributed by atoms with Crippen LogP contribution in [0.15, 0.2) is 40.9 Å². The summed E-state index contributed by atoms with van der Waals surface area (Å²) in [7, 11) is 0. The van der Waals surface area contributed by atoms with E-state index in [9.17, 15) is 0 Å². The molecule has 4 nitrogen and oxygen atoms in total. The summed E-state index contributed by atoms with van der Waals surface area (Å²) >= 11 is 0. The summed E-state index contributed by atoms with van der Waals surface area (Å²) in [6.45, 7) is 3.35. The Labute approximate surface area is 107 Å². The van der Waals surface area contributed by atoms with Gasteiger partial charge < -0.3 is 15.6 Å². The average Bonchev–Trinajstić information content (AvgIpc) is 2.76. The maximum absolute atomic E-state index is 6.07. The van der Waals surface area contributed by atoms with Gasteiger partial charge in [0, 0.05) is 25.2 Å². The lowest BCUT2D eigenvalue weighted by molar-refractivity contribution is 0.387. The van der Waals surface area contributed by atoms with Crippen LogP contribution in [0.2, 0.25) is 0 Å². The molecule has 4 heteroatoms. The number of rotatable bonds is 6. The highest BCUT2D eigenvalue weighted by atomic mass is 16.5. The third-order valence-electron chi connectivity index (χ3n) is 2.73.